The number of hydrogen-bond acceptors (Lipinski definition) is 8. The molecule has 6 nitrogen and oxygen atoms in total. The summed E-state index contributed by atoms with van der Waals surface area (Å²) in [5.74, 6) is 12.4. The Bertz CT molecular complexity index is 2450. The number of aryl methyl sites for hydroxylation is 2. The summed E-state index contributed by atoms with van der Waals surface area (Å²) in [5.41, 5.74) is 7.61. The third-order valence-corrected chi connectivity index (χ3v) is 24.9. The van der Waals surface area contributed by atoms with Crippen LogP contribution < -0.4 is 10.6 Å². The van der Waals surface area contributed by atoms with Crippen molar-refractivity contribution in [3.8, 4) is 0 Å². The molecule has 4 fully saturated rings. The molecule has 12 rings (SSSR count). The van der Waals surface area contributed by atoms with Crippen molar-refractivity contribution < 1.29 is 0 Å². The Hall–Kier alpha value is -3.36. The van der Waals surface area contributed by atoms with Gasteiger partial charge in [0.15, 0.2) is 10.3 Å². The Balaban J connectivity index is 0.000000159. The number of hydrogen-bond donors (Lipinski definition) is 2. The van der Waals surface area contributed by atoms with Gasteiger partial charge in [-0.15, -0.1) is 0 Å². The number of aromatic nitrogens is 4. The van der Waals surface area contributed by atoms with Crippen molar-refractivity contribution in [2.45, 2.75) is 198 Å². The third-order valence-electron chi connectivity index (χ3n) is 22.8. The third kappa shape index (κ3) is 9.62. The molecule has 0 bridgehead atoms. The van der Waals surface area contributed by atoms with Crippen molar-refractivity contribution in [3.63, 3.8) is 0 Å². The molecule has 0 radical (unpaired) electrons. The Morgan fingerprint density at radius 3 is 1.35 bits per heavy atom. The smallest absolute Gasteiger partial charge is 0.189 e. The molecule has 2 N–H and O–H groups in total. The lowest BCUT2D eigenvalue weighted by Gasteiger charge is -2.57. The summed E-state index contributed by atoms with van der Waals surface area (Å²) >= 11 is 3.71. The van der Waals surface area contributed by atoms with Crippen LogP contribution in [0.15, 0.2) is 60.9 Å². The topological polar surface area (TPSA) is 75.6 Å². The zero-order valence-corrected chi connectivity index (χ0v) is 49.1. The van der Waals surface area contributed by atoms with E-state index in [-0.39, 0.29) is 0 Å². The zero-order valence-electron chi connectivity index (χ0n) is 47.4. The second-order valence-electron chi connectivity index (χ2n) is 27.6. The summed E-state index contributed by atoms with van der Waals surface area (Å²) in [7, 11) is 0. The van der Waals surface area contributed by atoms with Gasteiger partial charge >= 0.3 is 0 Å². The van der Waals surface area contributed by atoms with E-state index in [1.807, 2.05) is 71.5 Å². The molecule has 74 heavy (non-hydrogen) atoms. The van der Waals surface area contributed by atoms with Gasteiger partial charge in [-0.05, 0) is 218 Å². The van der Waals surface area contributed by atoms with Gasteiger partial charge in [0.05, 0.1) is 21.1 Å². The van der Waals surface area contributed by atoms with Gasteiger partial charge in [0.2, 0.25) is 0 Å². The quantitative estimate of drug-likeness (QED) is 0.131. The second-order valence-corrected chi connectivity index (χ2v) is 29.6. The number of rotatable bonds is 14. The van der Waals surface area contributed by atoms with Crippen molar-refractivity contribution in [2.24, 2.45) is 92.7 Å². The Kier molecular flexibility index (Phi) is 15.0. The van der Waals surface area contributed by atoms with E-state index in [1.54, 1.807) is 11.1 Å². The number of fused-ring (bicyclic) bond motifs is 14. The minimum absolute atomic E-state index is 0.313. The molecular formula is C66H94N6S2. The molecule has 8 aliphatic rings. The fourth-order valence-electron chi connectivity index (χ4n) is 19.0. The van der Waals surface area contributed by atoms with E-state index in [1.165, 1.54) is 137 Å². The first-order valence-electron chi connectivity index (χ1n) is 30.4. The highest BCUT2D eigenvalue weighted by molar-refractivity contribution is 7.17. The van der Waals surface area contributed by atoms with E-state index in [0.29, 0.717) is 21.7 Å². The van der Waals surface area contributed by atoms with Gasteiger partial charge in [0.25, 0.3) is 0 Å². The van der Waals surface area contributed by atoms with Crippen LogP contribution in [0.1, 0.15) is 206 Å². The fourth-order valence-corrected chi connectivity index (χ4v) is 21.4. The molecule has 0 unspecified atom stereocenters. The van der Waals surface area contributed by atoms with Gasteiger partial charge in [-0.2, -0.15) is 0 Å². The van der Waals surface area contributed by atoms with Crippen LogP contribution in [0.5, 0.6) is 0 Å². The van der Waals surface area contributed by atoms with Crippen LogP contribution in [0.4, 0.5) is 21.9 Å². The molecule has 8 heteroatoms. The molecule has 0 spiro atoms. The van der Waals surface area contributed by atoms with Crippen LogP contribution in [-0.2, 0) is 12.8 Å². The maximum Gasteiger partial charge on any atom is 0.189 e. The Labute approximate surface area is 456 Å². The Morgan fingerprint density at radius 2 is 0.959 bits per heavy atom. The minimum Gasteiger partial charge on any atom is -0.316 e. The van der Waals surface area contributed by atoms with Crippen LogP contribution >= 0.6 is 22.7 Å². The number of pyridine rings is 2. The summed E-state index contributed by atoms with van der Waals surface area (Å²) < 4.78 is 0. The largest absolute Gasteiger partial charge is 0.316 e. The number of nitrogens with zero attached hydrogens (tertiary/aromatic N) is 4. The lowest BCUT2D eigenvalue weighted by molar-refractivity contribution is -0.0392. The van der Waals surface area contributed by atoms with E-state index in [2.05, 4.69) is 102 Å². The minimum atomic E-state index is 0.313. The molecule has 4 saturated carbocycles. The van der Waals surface area contributed by atoms with Crippen LogP contribution in [0, 0.1) is 92.7 Å². The summed E-state index contributed by atoms with van der Waals surface area (Å²) in [6.07, 6.45) is 36.5. The first kappa shape index (κ1) is 52.7. The molecule has 4 aromatic rings. The van der Waals surface area contributed by atoms with Crippen molar-refractivity contribution in [3.05, 3.63) is 82.1 Å². The van der Waals surface area contributed by atoms with Gasteiger partial charge in [0.1, 0.15) is 11.6 Å². The number of allylic oxidation sites excluding steroid dienone is 4. The predicted octanol–water partition coefficient (Wildman–Crippen LogP) is 19.1. The standard InChI is InChI=1S/2C33H47N3S/c2*1-21(2)9-8-10-22(3)24-14-15-25-23-12-13-27-30-28(35-31(37-30)36-29-11-6-7-20-34-29)17-19-33(27,5)26(23)16-18-32(24,25)4/h2*6-7,11,13,20-26H,8-10,12,14-19H2,1-5H3,(H,34,35,36)/t2*22-,23+,24-,25+,26+,32-,33-/m11/s1. The molecule has 0 saturated heterocycles. The molecule has 8 aliphatic carbocycles. The van der Waals surface area contributed by atoms with Crippen LogP contribution in [0.3, 0.4) is 0 Å². The van der Waals surface area contributed by atoms with E-state index in [9.17, 15) is 0 Å². The van der Waals surface area contributed by atoms with Crippen LogP contribution in [0.25, 0.3) is 11.1 Å². The van der Waals surface area contributed by atoms with Gasteiger partial charge in [-0.1, -0.05) is 155 Å². The fraction of sp³-hybridized carbons (Fsp3) is 0.697. The summed E-state index contributed by atoms with van der Waals surface area (Å²) in [5, 5.41) is 8.93. The second kappa shape index (κ2) is 21.1. The molecular weight excluding hydrogens is 941 g/mol. The maximum absolute atomic E-state index is 5.03. The highest BCUT2D eigenvalue weighted by Crippen LogP contribution is 2.70. The maximum atomic E-state index is 5.03. The Morgan fingerprint density at radius 1 is 0.527 bits per heavy atom. The van der Waals surface area contributed by atoms with Gasteiger partial charge in [-0.3, -0.25) is 0 Å². The van der Waals surface area contributed by atoms with Crippen molar-refractivity contribution in [2.75, 3.05) is 10.6 Å². The zero-order chi connectivity index (χ0) is 51.6. The van der Waals surface area contributed by atoms with Crippen molar-refractivity contribution in [1.29, 1.82) is 0 Å². The molecule has 0 aromatic carbocycles. The molecule has 14 atom stereocenters. The molecule has 0 aliphatic heterocycles. The number of nitrogens with one attached hydrogen (secondary N) is 2. The van der Waals surface area contributed by atoms with E-state index < -0.39 is 0 Å². The van der Waals surface area contributed by atoms with E-state index in [4.69, 9.17) is 9.97 Å². The molecule has 4 aromatic heterocycles. The van der Waals surface area contributed by atoms with E-state index in [0.717, 1.165) is 106 Å². The first-order valence-corrected chi connectivity index (χ1v) is 32.0. The van der Waals surface area contributed by atoms with Crippen molar-refractivity contribution >= 4 is 55.7 Å². The normalized spacial score (nSPS) is 35.2. The number of thiazole rings is 2. The lowest BCUT2D eigenvalue weighted by Crippen LogP contribution is -2.49. The molecule has 400 valence electrons. The van der Waals surface area contributed by atoms with Gasteiger partial charge in [-0.25, -0.2) is 19.9 Å². The summed E-state index contributed by atoms with van der Waals surface area (Å²) in [4.78, 5) is 21.9. The first-order chi connectivity index (χ1) is 35.6. The average Bonchev–Trinajstić information content (AvgIpc) is 4.16. The summed E-state index contributed by atoms with van der Waals surface area (Å²) in [6.45, 7) is 25.4. The summed E-state index contributed by atoms with van der Waals surface area (Å²) in [6, 6.07) is 12.0. The lowest BCUT2D eigenvalue weighted by atomic mass is 9.47. The highest BCUT2D eigenvalue weighted by Gasteiger charge is 2.61. The van der Waals surface area contributed by atoms with Gasteiger partial charge in [0, 0.05) is 12.4 Å². The number of anilines is 4. The molecule has 4 heterocycles. The van der Waals surface area contributed by atoms with Gasteiger partial charge < -0.3 is 10.6 Å². The van der Waals surface area contributed by atoms with Crippen LogP contribution in [-0.4, -0.2) is 19.9 Å². The highest BCUT2D eigenvalue weighted by atomic mass is 32.1. The average molecular weight is 1040 g/mol. The monoisotopic (exact) mass is 1030 g/mol. The molecule has 0 amide bonds. The van der Waals surface area contributed by atoms with Crippen molar-refractivity contribution in [1.82, 2.24) is 19.9 Å². The van der Waals surface area contributed by atoms with E-state index >= 15 is 0 Å². The predicted molar refractivity (Wildman–Crippen MR) is 314 cm³/mol. The SMILES string of the molecule is CC(C)CCC[C@@H](C)[C@H]1CC[C@H]2[C@@H]3CC=C4c5sc(Nc6ccccn6)nc5CC[C@]4(C)[C@H]3CC[C@]12C.CC(C)CCC[C@@H](C)[C@H]1CC[C@H]2[C@@H]3CC=C4c5sc(Nc6ccccn6)nc5CC[C@]4(C)[C@H]3CC[C@]12C. The van der Waals surface area contributed by atoms with Crippen LogP contribution in [0.2, 0.25) is 0 Å².